The molecule has 0 aromatic carbocycles. The highest BCUT2D eigenvalue weighted by molar-refractivity contribution is 6.01. The van der Waals surface area contributed by atoms with E-state index >= 15 is 0 Å². The molecule has 1 saturated heterocycles. The van der Waals surface area contributed by atoms with Crippen LogP contribution in [-0.2, 0) is 9.59 Å². The number of nitrogens with zero attached hydrogens (tertiary/aromatic N) is 1. The zero-order valence-electron chi connectivity index (χ0n) is 7.79. The van der Waals surface area contributed by atoms with Gasteiger partial charge in [-0.1, -0.05) is 12.8 Å². The summed E-state index contributed by atoms with van der Waals surface area (Å²) in [5.41, 5.74) is 0. The van der Waals surface area contributed by atoms with Gasteiger partial charge >= 0.3 is 0 Å². The first-order chi connectivity index (χ1) is 6.27. The largest absolute Gasteiger partial charge is 0.282 e. The molecule has 1 aliphatic heterocycles. The Bertz CT molecular complexity index is 215. The smallest absolute Gasteiger partial charge is 0.229 e. The molecule has 1 aliphatic carbocycles. The van der Waals surface area contributed by atoms with Crippen LogP contribution >= 0.6 is 0 Å². The summed E-state index contributed by atoms with van der Waals surface area (Å²) in [7, 11) is 0. The van der Waals surface area contributed by atoms with Crippen molar-refractivity contribution in [1.29, 1.82) is 0 Å². The molecule has 3 heteroatoms. The number of imide groups is 1. The summed E-state index contributed by atoms with van der Waals surface area (Å²) in [6, 6.07) is 0. The van der Waals surface area contributed by atoms with Crippen LogP contribution in [-0.4, -0.2) is 23.3 Å². The van der Waals surface area contributed by atoms with E-state index in [0.29, 0.717) is 25.3 Å². The van der Waals surface area contributed by atoms with Gasteiger partial charge in [0.15, 0.2) is 0 Å². The van der Waals surface area contributed by atoms with Crippen LogP contribution in [0.2, 0.25) is 0 Å². The quantitative estimate of drug-likeness (QED) is 0.602. The number of amides is 2. The van der Waals surface area contributed by atoms with Gasteiger partial charge in [-0.05, 0) is 18.8 Å². The molecule has 2 rings (SSSR count). The first-order valence-corrected chi connectivity index (χ1v) is 5.10. The third kappa shape index (κ3) is 1.74. The van der Waals surface area contributed by atoms with Gasteiger partial charge in [0.2, 0.25) is 11.8 Å². The maximum Gasteiger partial charge on any atom is 0.229 e. The molecule has 0 spiro atoms. The van der Waals surface area contributed by atoms with Crippen molar-refractivity contribution in [2.24, 2.45) is 5.92 Å². The van der Waals surface area contributed by atoms with E-state index in [4.69, 9.17) is 0 Å². The maximum atomic E-state index is 11.3. The van der Waals surface area contributed by atoms with Gasteiger partial charge in [-0.15, -0.1) is 0 Å². The van der Waals surface area contributed by atoms with Crippen LogP contribution in [0.3, 0.4) is 0 Å². The summed E-state index contributed by atoms with van der Waals surface area (Å²) in [6.45, 7) is 0.692. The van der Waals surface area contributed by atoms with Crippen molar-refractivity contribution in [3.63, 3.8) is 0 Å². The van der Waals surface area contributed by atoms with Gasteiger partial charge in [0.05, 0.1) is 0 Å². The molecule has 1 heterocycles. The molecule has 72 valence electrons. The number of hydrogen-bond acceptors (Lipinski definition) is 2. The van der Waals surface area contributed by atoms with E-state index in [1.807, 2.05) is 0 Å². The summed E-state index contributed by atoms with van der Waals surface area (Å²) in [6.07, 6.45) is 5.78. The van der Waals surface area contributed by atoms with E-state index in [-0.39, 0.29) is 11.8 Å². The number of likely N-dealkylation sites (tertiary alicyclic amines) is 1. The molecule has 0 aromatic heterocycles. The second kappa shape index (κ2) is 3.48. The lowest BCUT2D eigenvalue weighted by Crippen LogP contribution is -2.33. The number of carbonyl (C=O) groups excluding carboxylic acids is 2. The predicted molar refractivity (Wildman–Crippen MR) is 47.9 cm³/mol. The normalized spacial score (nSPS) is 24.8. The highest BCUT2D eigenvalue weighted by Crippen LogP contribution is 2.27. The Hall–Kier alpha value is -0.860. The van der Waals surface area contributed by atoms with Gasteiger partial charge in [0.1, 0.15) is 0 Å². The molecule has 0 bridgehead atoms. The minimum atomic E-state index is 0.0388. The van der Waals surface area contributed by atoms with E-state index < -0.39 is 0 Å². The van der Waals surface area contributed by atoms with E-state index in [1.54, 1.807) is 0 Å². The lowest BCUT2D eigenvalue weighted by Gasteiger charge is -2.17. The summed E-state index contributed by atoms with van der Waals surface area (Å²) >= 11 is 0. The lowest BCUT2D eigenvalue weighted by molar-refractivity contribution is -0.139. The highest BCUT2D eigenvalue weighted by Gasteiger charge is 2.31. The Labute approximate surface area is 78.1 Å². The lowest BCUT2D eigenvalue weighted by atomic mass is 10.1. The van der Waals surface area contributed by atoms with Crippen molar-refractivity contribution in [3.05, 3.63) is 0 Å². The Kier molecular flexibility index (Phi) is 2.34. The van der Waals surface area contributed by atoms with Crippen LogP contribution in [0, 0.1) is 5.92 Å². The summed E-state index contributed by atoms with van der Waals surface area (Å²) in [5.74, 6) is 0.666. The number of rotatable bonds is 2. The maximum absolute atomic E-state index is 11.3. The molecule has 0 aromatic rings. The van der Waals surface area contributed by atoms with Crippen molar-refractivity contribution < 1.29 is 9.59 Å². The molecule has 2 aliphatic rings. The zero-order chi connectivity index (χ0) is 9.26. The highest BCUT2D eigenvalue weighted by atomic mass is 16.2. The van der Waals surface area contributed by atoms with Gasteiger partial charge in [-0.3, -0.25) is 14.5 Å². The van der Waals surface area contributed by atoms with Crippen molar-refractivity contribution in [2.45, 2.75) is 38.5 Å². The Morgan fingerprint density at radius 2 is 1.62 bits per heavy atom. The number of hydrogen-bond donors (Lipinski definition) is 0. The minimum absolute atomic E-state index is 0.0388. The van der Waals surface area contributed by atoms with E-state index in [9.17, 15) is 9.59 Å². The van der Waals surface area contributed by atoms with Crippen molar-refractivity contribution in [1.82, 2.24) is 4.90 Å². The SMILES string of the molecule is O=C1CCC(=O)N1CC1CCCC1. The molecule has 3 nitrogen and oxygen atoms in total. The molecule has 13 heavy (non-hydrogen) atoms. The Morgan fingerprint density at radius 1 is 1.08 bits per heavy atom. The second-order valence-electron chi connectivity index (χ2n) is 4.05. The predicted octanol–water partition coefficient (Wildman–Crippen LogP) is 1.33. The molecule has 2 amide bonds. The topological polar surface area (TPSA) is 37.4 Å². The molecule has 1 saturated carbocycles. The van der Waals surface area contributed by atoms with E-state index in [0.717, 1.165) is 0 Å². The van der Waals surface area contributed by atoms with E-state index in [1.165, 1.54) is 30.6 Å². The van der Waals surface area contributed by atoms with Gasteiger partial charge < -0.3 is 0 Å². The zero-order valence-corrected chi connectivity index (χ0v) is 7.79. The fraction of sp³-hybridized carbons (Fsp3) is 0.800. The van der Waals surface area contributed by atoms with Crippen LogP contribution in [0.25, 0.3) is 0 Å². The van der Waals surface area contributed by atoms with Crippen LogP contribution in [0.5, 0.6) is 0 Å². The minimum Gasteiger partial charge on any atom is -0.282 e. The second-order valence-corrected chi connectivity index (χ2v) is 4.05. The van der Waals surface area contributed by atoms with Crippen LogP contribution in [0.1, 0.15) is 38.5 Å². The fourth-order valence-corrected chi connectivity index (χ4v) is 2.28. The summed E-state index contributed by atoms with van der Waals surface area (Å²) in [4.78, 5) is 24.0. The Morgan fingerprint density at radius 3 is 2.15 bits per heavy atom. The van der Waals surface area contributed by atoms with Crippen LogP contribution in [0.15, 0.2) is 0 Å². The third-order valence-corrected chi connectivity index (χ3v) is 3.07. The summed E-state index contributed by atoms with van der Waals surface area (Å²) in [5, 5.41) is 0. The summed E-state index contributed by atoms with van der Waals surface area (Å²) < 4.78 is 0. The van der Waals surface area contributed by atoms with Crippen molar-refractivity contribution >= 4 is 11.8 Å². The Balaban J connectivity index is 1.92. The molecular weight excluding hydrogens is 166 g/mol. The van der Waals surface area contributed by atoms with Crippen molar-refractivity contribution in [2.75, 3.05) is 6.54 Å². The van der Waals surface area contributed by atoms with Gasteiger partial charge in [0.25, 0.3) is 0 Å². The first kappa shape index (κ1) is 8.73. The molecular formula is C10H15NO2. The number of carbonyl (C=O) groups is 2. The van der Waals surface area contributed by atoms with Gasteiger partial charge in [-0.25, -0.2) is 0 Å². The fourth-order valence-electron chi connectivity index (χ4n) is 2.28. The molecule has 0 unspecified atom stereocenters. The monoisotopic (exact) mass is 181 g/mol. The molecule has 0 N–H and O–H groups in total. The van der Waals surface area contributed by atoms with Crippen LogP contribution in [0.4, 0.5) is 0 Å². The van der Waals surface area contributed by atoms with Gasteiger partial charge in [-0.2, -0.15) is 0 Å². The van der Waals surface area contributed by atoms with E-state index in [2.05, 4.69) is 0 Å². The first-order valence-electron chi connectivity index (χ1n) is 5.10. The third-order valence-electron chi connectivity index (χ3n) is 3.07. The van der Waals surface area contributed by atoms with Crippen molar-refractivity contribution in [3.8, 4) is 0 Å². The standard InChI is InChI=1S/C10H15NO2/c12-9-5-6-10(13)11(9)7-8-3-1-2-4-8/h8H,1-7H2. The average molecular weight is 181 g/mol. The van der Waals surface area contributed by atoms with Crippen LogP contribution < -0.4 is 0 Å². The van der Waals surface area contributed by atoms with Gasteiger partial charge in [0, 0.05) is 19.4 Å². The molecule has 0 radical (unpaired) electrons. The average Bonchev–Trinajstić information content (AvgIpc) is 2.70. The molecule has 2 fully saturated rings. The molecule has 0 atom stereocenters.